The van der Waals surface area contributed by atoms with Gasteiger partial charge in [-0.3, -0.25) is 0 Å². The molecule has 0 spiro atoms. The number of imidazole rings is 1. The lowest BCUT2D eigenvalue weighted by molar-refractivity contribution is 0.122. The summed E-state index contributed by atoms with van der Waals surface area (Å²) >= 11 is 0. The normalized spacial score (nSPS) is 18.9. The van der Waals surface area contributed by atoms with Crippen LogP contribution in [0.4, 0.5) is 10.5 Å². The van der Waals surface area contributed by atoms with Crippen molar-refractivity contribution in [2.24, 2.45) is 0 Å². The molecule has 2 aromatic rings. The highest BCUT2D eigenvalue weighted by atomic mass is 16.5. The minimum Gasteiger partial charge on any atom is -0.465 e. The number of hydrogen-bond acceptors (Lipinski definition) is 5. The van der Waals surface area contributed by atoms with Crippen LogP contribution in [0, 0.1) is 12.3 Å². The molecule has 0 atom stereocenters. The van der Waals surface area contributed by atoms with E-state index in [9.17, 15) is 4.79 Å². The fraction of sp³-hybridized carbons (Fsp3) is 0.500. The number of anilines is 1. The molecule has 0 unspecified atom stereocenters. The number of rotatable bonds is 2. The van der Waals surface area contributed by atoms with Crippen LogP contribution in [0.1, 0.15) is 30.1 Å². The van der Waals surface area contributed by atoms with E-state index in [4.69, 9.17) is 16.3 Å². The number of likely N-dealkylation sites (tertiary alicyclic amines) is 1. The van der Waals surface area contributed by atoms with Crippen LogP contribution in [-0.4, -0.2) is 70.1 Å². The van der Waals surface area contributed by atoms with Gasteiger partial charge in [-0.05, 0) is 24.8 Å². The van der Waals surface area contributed by atoms with Gasteiger partial charge in [-0.1, -0.05) is 0 Å². The van der Waals surface area contributed by atoms with Gasteiger partial charge in [-0.25, -0.2) is 14.3 Å². The molecule has 0 radical (unpaired) electrons. The highest BCUT2D eigenvalue weighted by Crippen LogP contribution is 2.32. The summed E-state index contributed by atoms with van der Waals surface area (Å²) < 4.78 is 7.29. The predicted octanol–water partition coefficient (Wildman–Crippen LogP) is 1.40. The zero-order valence-corrected chi connectivity index (χ0v) is 14.5. The lowest BCUT2D eigenvalue weighted by atomic mass is 9.92. The summed E-state index contributed by atoms with van der Waals surface area (Å²) in [6.45, 7) is 4.00. The number of carbonyl (C=O) groups is 1. The molecule has 1 amide bonds. The van der Waals surface area contributed by atoms with Crippen molar-refractivity contribution in [3.8, 4) is 12.3 Å². The fourth-order valence-corrected chi connectivity index (χ4v) is 3.82. The molecule has 136 valence electrons. The van der Waals surface area contributed by atoms with Gasteiger partial charge in [0.2, 0.25) is 0 Å². The van der Waals surface area contributed by atoms with Crippen LogP contribution in [0.25, 0.3) is 5.65 Å². The van der Waals surface area contributed by atoms with Crippen molar-refractivity contribution < 1.29 is 14.6 Å². The highest BCUT2D eigenvalue weighted by molar-refractivity contribution is 5.70. The molecule has 8 heteroatoms. The largest absolute Gasteiger partial charge is 0.465 e. The average molecular weight is 355 g/mol. The lowest BCUT2D eigenvalue weighted by Gasteiger charge is -2.30. The Labute approximate surface area is 151 Å². The Hall–Kier alpha value is -2.79. The molecule has 0 aliphatic carbocycles. The number of aromatic nitrogens is 3. The molecule has 26 heavy (non-hydrogen) atoms. The topological polar surface area (TPSA) is 83.2 Å². The summed E-state index contributed by atoms with van der Waals surface area (Å²) in [5.74, 6) is 2.85. The quantitative estimate of drug-likeness (QED) is 0.820. The Morgan fingerprint density at radius 2 is 2.00 bits per heavy atom. The van der Waals surface area contributed by atoms with Crippen LogP contribution in [0.5, 0.6) is 0 Å². The summed E-state index contributed by atoms with van der Waals surface area (Å²) in [4.78, 5) is 19.5. The Balaban J connectivity index is 1.71. The Kier molecular flexibility index (Phi) is 4.39. The number of morpholine rings is 1. The number of carboxylic acid groups (broad SMARTS) is 1. The van der Waals surface area contributed by atoms with Crippen LogP contribution in [0.2, 0.25) is 0 Å². The molecule has 2 aliphatic heterocycles. The van der Waals surface area contributed by atoms with E-state index in [1.54, 1.807) is 6.20 Å². The van der Waals surface area contributed by atoms with Crippen LogP contribution in [0.15, 0.2) is 12.3 Å². The van der Waals surface area contributed by atoms with E-state index in [-0.39, 0.29) is 5.92 Å². The van der Waals surface area contributed by atoms with Crippen molar-refractivity contribution in [2.45, 2.75) is 18.8 Å². The number of nitrogens with zero attached hydrogens (tertiary/aromatic N) is 5. The molecular weight excluding hydrogens is 334 g/mol. The zero-order chi connectivity index (χ0) is 18.1. The average Bonchev–Trinajstić information content (AvgIpc) is 3.07. The van der Waals surface area contributed by atoms with Crippen molar-refractivity contribution in [1.29, 1.82) is 0 Å². The zero-order valence-electron chi connectivity index (χ0n) is 14.5. The minimum absolute atomic E-state index is 0.152. The monoisotopic (exact) mass is 355 g/mol. The first-order valence-corrected chi connectivity index (χ1v) is 8.84. The van der Waals surface area contributed by atoms with E-state index in [0.717, 1.165) is 43.0 Å². The second-order valence-electron chi connectivity index (χ2n) is 6.59. The van der Waals surface area contributed by atoms with Gasteiger partial charge in [-0.15, -0.1) is 6.42 Å². The van der Waals surface area contributed by atoms with Gasteiger partial charge < -0.3 is 19.6 Å². The second-order valence-corrected chi connectivity index (χ2v) is 6.59. The number of ether oxygens (including phenoxy) is 1. The summed E-state index contributed by atoms with van der Waals surface area (Å²) in [6, 6.07) is 1.96. The Bertz CT molecular complexity index is 858. The van der Waals surface area contributed by atoms with Crippen LogP contribution in [-0.2, 0) is 4.74 Å². The SMILES string of the molecule is C#Cc1nc2c(N3CCOCC3)ccnn2c1C1CCN(C(=O)O)CC1. The summed E-state index contributed by atoms with van der Waals surface area (Å²) in [6.07, 6.45) is 8.08. The van der Waals surface area contributed by atoms with Gasteiger partial charge in [0.05, 0.1) is 30.8 Å². The predicted molar refractivity (Wildman–Crippen MR) is 95.5 cm³/mol. The van der Waals surface area contributed by atoms with Gasteiger partial charge in [0, 0.05) is 32.1 Å². The fourth-order valence-electron chi connectivity index (χ4n) is 3.82. The lowest BCUT2D eigenvalue weighted by Crippen LogP contribution is -2.37. The Morgan fingerprint density at radius 1 is 1.27 bits per heavy atom. The van der Waals surface area contributed by atoms with Crippen molar-refractivity contribution in [1.82, 2.24) is 19.5 Å². The molecular formula is C18H21N5O3. The first kappa shape index (κ1) is 16.7. The molecule has 0 saturated carbocycles. The third-order valence-electron chi connectivity index (χ3n) is 5.17. The van der Waals surface area contributed by atoms with Gasteiger partial charge in [0.1, 0.15) is 5.69 Å². The van der Waals surface area contributed by atoms with E-state index in [2.05, 4.69) is 20.9 Å². The third-order valence-corrected chi connectivity index (χ3v) is 5.17. The van der Waals surface area contributed by atoms with Crippen LogP contribution >= 0.6 is 0 Å². The Morgan fingerprint density at radius 3 is 2.65 bits per heavy atom. The summed E-state index contributed by atoms with van der Waals surface area (Å²) in [5.41, 5.74) is 3.29. The molecule has 2 saturated heterocycles. The van der Waals surface area contributed by atoms with E-state index in [1.165, 1.54) is 4.90 Å². The van der Waals surface area contributed by atoms with Gasteiger partial charge in [0.15, 0.2) is 5.65 Å². The molecule has 2 aromatic heterocycles. The van der Waals surface area contributed by atoms with Crippen LogP contribution in [0.3, 0.4) is 0 Å². The van der Waals surface area contributed by atoms with Crippen molar-refractivity contribution in [3.63, 3.8) is 0 Å². The highest BCUT2D eigenvalue weighted by Gasteiger charge is 2.29. The maximum absolute atomic E-state index is 11.2. The minimum atomic E-state index is -0.869. The molecule has 4 heterocycles. The standard InChI is InChI=1S/C18H21N5O3/c1-2-14-16(13-4-7-22(8-5-13)18(24)25)23-17(20-14)15(3-6-19-23)21-9-11-26-12-10-21/h1,3,6,13H,4-5,7-12H2,(H,24,25). The molecule has 2 aliphatic rings. The number of terminal acetylenes is 1. The first-order valence-electron chi connectivity index (χ1n) is 8.84. The third kappa shape index (κ3) is 2.84. The number of hydrogen-bond donors (Lipinski definition) is 1. The van der Waals surface area contributed by atoms with Gasteiger partial charge in [-0.2, -0.15) is 5.10 Å². The van der Waals surface area contributed by atoms with Crippen molar-refractivity contribution >= 4 is 17.4 Å². The molecule has 4 rings (SSSR count). The summed E-state index contributed by atoms with van der Waals surface area (Å²) in [7, 11) is 0. The van der Waals surface area contributed by atoms with Gasteiger partial charge in [0.25, 0.3) is 0 Å². The van der Waals surface area contributed by atoms with E-state index in [0.29, 0.717) is 32.0 Å². The van der Waals surface area contributed by atoms with E-state index in [1.807, 2.05) is 10.6 Å². The van der Waals surface area contributed by atoms with Gasteiger partial charge >= 0.3 is 6.09 Å². The number of fused-ring (bicyclic) bond motifs is 1. The number of piperidine rings is 1. The maximum Gasteiger partial charge on any atom is 0.407 e. The first-order chi connectivity index (χ1) is 12.7. The van der Waals surface area contributed by atoms with E-state index >= 15 is 0 Å². The molecule has 0 aromatic carbocycles. The smallest absolute Gasteiger partial charge is 0.407 e. The molecule has 1 N–H and O–H groups in total. The number of amides is 1. The van der Waals surface area contributed by atoms with E-state index < -0.39 is 6.09 Å². The van der Waals surface area contributed by atoms with Crippen molar-refractivity contribution in [3.05, 3.63) is 23.7 Å². The molecule has 0 bridgehead atoms. The van der Waals surface area contributed by atoms with Crippen molar-refractivity contribution in [2.75, 3.05) is 44.3 Å². The summed E-state index contributed by atoms with van der Waals surface area (Å²) in [5, 5.41) is 13.7. The maximum atomic E-state index is 11.2. The second kappa shape index (κ2) is 6.84. The molecule has 2 fully saturated rings. The molecule has 8 nitrogen and oxygen atoms in total. The van der Waals surface area contributed by atoms with Crippen LogP contribution < -0.4 is 4.90 Å².